The second-order valence-corrected chi connectivity index (χ2v) is 6.08. The summed E-state index contributed by atoms with van der Waals surface area (Å²) in [6.45, 7) is 6.32. The van der Waals surface area contributed by atoms with E-state index < -0.39 is 0 Å². The molecule has 0 radical (unpaired) electrons. The van der Waals surface area contributed by atoms with E-state index in [9.17, 15) is 4.79 Å². The largest absolute Gasteiger partial charge is 0.483 e. The molecule has 0 atom stereocenters. The number of carboxylic acid groups (broad SMARTS) is 1. The third-order valence-electron chi connectivity index (χ3n) is 4.12. The van der Waals surface area contributed by atoms with Crippen molar-refractivity contribution in [2.45, 2.75) is 44.9 Å². The highest BCUT2D eigenvalue weighted by molar-refractivity contribution is 5.69. The number of carbonyl (C=O) groups excluding carboxylic acids is 1. The first-order valence-electron chi connectivity index (χ1n) is 9.23. The van der Waals surface area contributed by atoms with E-state index in [4.69, 9.17) is 27.5 Å². The number of terminal acetylenes is 2. The monoisotopic (exact) mass is 364 g/mol. The number of likely N-dealkylation sites (tertiary alicyclic amines) is 1. The van der Waals surface area contributed by atoms with Crippen molar-refractivity contribution in [2.24, 2.45) is 0 Å². The Balaban J connectivity index is 0.00000194. The second-order valence-electron chi connectivity index (χ2n) is 6.08. The number of esters is 1. The topological polar surface area (TPSA) is 70.1 Å². The molecule has 1 saturated heterocycles. The molecular formula is C20H32N2O4. The van der Waals surface area contributed by atoms with Crippen molar-refractivity contribution in [3.05, 3.63) is 0 Å². The molecule has 1 N–H and O–H groups in total. The molecule has 0 amide bonds. The first-order valence-corrected chi connectivity index (χ1v) is 9.23. The van der Waals surface area contributed by atoms with E-state index in [1.165, 1.54) is 25.9 Å². The molecule has 1 rings (SSSR count). The lowest BCUT2D eigenvalue weighted by molar-refractivity contribution is -0.143. The molecule has 1 aliphatic heterocycles. The van der Waals surface area contributed by atoms with Crippen LogP contribution in [-0.2, 0) is 14.3 Å². The highest BCUT2D eigenvalue weighted by atomic mass is 16.5. The fourth-order valence-corrected chi connectivity index (χ4v) is 2.73. The Morgan fingerprint density at radius 3 is 2.38 bits per heavy atom. The van der Waals surface area contributed by atoms with E-state index in [2.05, 4.69) is 21.6 Å². The Labute approximate surface area is 157 Å². The molecule has 1 heterocycles. The van der Waals surface area contributed by atoms with Gasteiger partial charge in [-0.3, -0.25) is 9.59 Å². The molecule has 0 spiro atoms. The number of ether oxygens (including phenoxy) is 1. The Morgan fingerprint density at radius 2 is 1.77 bits per heavy atom. The molecular weight excluding hydrogens is 332 g/mol. The van der Waals surface area contributed by atoms with Crippen LogP contribution in [0.4, 0.5) is 0 Å². The minimum Gasteiger partial charge on any atom is -0.483 e. The van der Waals surface area contributed by atoms with Crippen molar-refractivity contribution in [1.82, 2.24) is 9.80 Å². The molecule has 6 heteroatoms. The van der Waals surface area contributed by atoms with E-state index in [1.807, 2.05) is 0 Å². The molecule has 0 bridgehead atoms. The highest BCUT2D eigenvalue weighted by Gasteiger charge is 2.14. The first-order chi connectivity index (χ1) is 12.7. The van der Waals surface area contributed by atoms with Crippen LogP contribution >= 0.6 is 0 Å². The van der Waals surface area contributed by atoms with Gasteiger partial charge in [0.05, 0.1) is 6.42 Å². The quantitative estimate of drug-likeness (QED) is 0.247. The molecule has 0 unspecified atom stereocenters. The number of rotatable bonds is 12. The van der Waals surface area contributed by atoms with Crippen LogP contribution < -0.4 is 0 Å². The van der Waals surface area contributed by atoms with Gasteiger partial charge in [0.15, 0.2) is 0 Å². The van der Waals surface area contributed by atoms with Gasteiger partial charge >= 0.3 is 5.97 Å². The lowest BCUT2D eigenvalue weighted by Gasteiger charge is -2.25. The molecule has 0 aliphatic carbocycles. The van der Waals surface area contributed by atoms with Gasteiger partial charge in [-0.1, -0.05) is 0 Å². The fourth-order valence-electron chi connectivity index (χ4n) is 2.73. The predicted octanol–water partition coefficient (Wildman–Crippen LogP) is 1.85. The minimum absolute atomic E-state index is 0.157. The predicted molar refractivity (Wildman–Crippen MR) is 103 cm³/mol. The molecule has 0 aromatic rings. The average molecular weight is 364 g/mol. The highest BCUT2D eigenvalue weighted by Crippen LogP contribution is 2.08. The Hall–Kier alpha value is -2.02. The Morgan fingerprint density at radius 1 is 1.12 bits per heavy atom. The first kappa shape index (κ1) is 24.0. The van der Waals surface area contributed by atoms with Crippen molar-refractivity contribution < 1.29 is 19.4 Å². The van der Waals surface area contributed by atoms with Gasteiger partial charge in [-0.25, -0.2) is 0 Å². The van der Waals surface area contributed by atoms with Gasteiger partial charge < -0.3 is 19.6 Å². The van der Waals surface area contributed by atoms with Gasteiger partial charge in [0.25, 0.3) is 6.47 Å². The Bertz CT molecular complexity index is 448. The second kappa shape index (κ2) is 17.8. The summed E-state index contributed by atoms with van der Waals surface area (Å²) in [5, 5.41) is 6.89. The summed E-state index contributed by atoms with van der Waals surface area (Å²) in [7, 11) is 0. The molecule has 0 saturated carbocycles. The summed E-state index contributed by atoms with van der Waals surface area (Å²) in [6, 6.07) is 0. The van der Waals surface area contributed by atoms with Crippen LogP contribution in [0.5, 0.6) is 0 Å². The fraction of sp³-hybridized carbons (Fsp3) is 0.700. The van der Waals surface area contributed by atoms with E-state index in [0.29, 0.717) is 19.4 Å². The average Bonchev–Trinajstić information content (AvgIpc) is 3.15. The summed E-state index contributed by atoms with van der Waals surface area (Å²) in [6.07, 6.45) is 16.9. The maximum atomic E-state index is 11.7. The van der Waals surface area contributed by atoms with Gasteiger partial charge in [0.2, 0.25) is 0 Å². The third-order valence-corrected chi connectivity index (χ3v) is 4.12. The molecule has 0 aromatic carbocycles. The molecule has 1 aliphatic rings. The van der Waals surface area contributed by atoms with E-state index in [-0.39, 0.29) is 12.4 Å². The zero-order valence-electron chi connectivity index (χ0n) is 15.7. The van der Waals surface area contributed by atoms with Gasteiger partial charge in [-0.05, 0) is 45.3 Å². The van der Waals surface area contributed by atoms with Crippen molar-refractivity contribution in [2.75, 3.05) is 45.9 Å². The van der Waals surface area contributed by atoms with Crippen LogP contribution in [0, 0.1) is 24.7 Å². The number of nitrogens with zero attached hydrogens (tertiary/aromatic N) is 2. The number of hydrogen-bond acceptors (Lipinski definition) is 5. The van der Waals surface area contributed by atoms with Crippen LogP contribution in [0.25, 0.3) is 0 Å². The molecule has 0 aromatic heterocycles. The zero-order valence-corrected chi connectivity index (χ0v) is 15.7. The third kappa shape index (κ3) is 14.3. The van der Waals surface area contributed by atoms with Gasteiger partial charge in [-0.2, -0.15) is 0 Å². The normalized spacial score (nSPS) is 13.3. The SMILES string of the molecule is C#CCCCCN(CCC(=O)OCCC#C)CCN1CCCC1.O=CO. The van der Waals surface area contributed by atoms with E-state index >= 15 is 0 Å². The maximum Gasteiger partial charge on any atom is 0.307 e. The van der Waals surface area contributed by atoms with Gasteiger partial charge in [0, 0.05) is 32.5 Å². The van der Waals surface area contributed by atoms with Crippen LogP contribution in [0.2, 0.25) is 0 Å². The van der Waals surface area contributed by atoms with Gasteiger partial charge in [0.1, 0.15) is 6.61 Å². The number of carbonyl (C=O) groups is 2. The van der Waals surface area contributed by atoms with E-state index in [0.717, 1.165) is 45.4 Å². The number of unbranched alkanes of at least 4 members (excludes halogenated alkanes) is 2. The van der Waals surface area contributed by atoms with E-state index in [1.54, 1.807) is 0 Å². The number of hydrogen-bond donors (Lipinski definition) is 1. The summed E-state index contributed by atoms with van der Waals surface area (Å²) in [4.78, 5) is 24.9. The van der Waals surface area contributed by atoms with Crippen molar-refractivity contribution in [1.29, 1.82) is 0 Å². The van der Waals surface area contributed by atoms with Crippen LogP contribution in [0.3, 0.4) is 0 Å². The molecule has 26 heavy (non-hydrogen) atoms. The Kier molecular flexibility index (Phi) is 16.4. The van der Waals surface area contributed by atoms with Gasteiger partial charge in [-0.15, -0.1) is 24.7 Å². The molecule has 146 valence electrons. The summed E-state index contributed by atoms with van der Waals surface area (Å²) < 4.78 is 5.11. The van der Waals surface area contributed by atoms with Crippen molar-refractivity contribution in [3.63, 3.8) is 0 Å². The van der Waals surface area contributed by atoms with Crippen LogP contribution in [0.15, 0.2) is 0 Å². The standard InChI is InChI=1S/C19H30N2O2.CH2O2/c1-3-5-7-8-12-21(17-16-20-13-9-10-14-20)15-11-19(22)23-18-6-4-2;2-1-3/h1-2H,5-18H2;1H,(H,2,3). The minimum atomic E-state index is -0.250. The van der Waals surface area contributed by atoms with Crippen molar-refractivity contribution in [3.8, 4) is 24.7 Å². The lowest BCUT2D eigenvalue weighted by Crippen LogP contribution is -2.36. The summed E-state index contributed by atoms with van der Waals surface area (Å²) in [5.41, 5.74) is 0. The maximum absolute atomic E-state index is 11.7. The van der Waals surface area contributed by atoms with Crippen molar-refractivity contribution >= 4 is 12.4 Å². The molecule has 6 nitrogen and oxygen atoms in total. The zero-order chi connectivity index (χ0) is 19.5. The lowest BCUT2D eigenvalue weighted by atomic mass is 10.2. The van der Waals surface area contributed by atoms with Crippen LogP contribution in [-0.4, -0.2) is 73.2 Å². The summed E-state index contributed by atoms with van der Waals surface area (Å²) in [5.74, 6) is 4.99. The molecule has 1 fully saturated rings. The van der Waals surface area contributed by atoms with Crippen LogP contribution in [0.1, 0.15) is 44.9 Å². The summed E-state index contributed by atoms with van der Waals surface area (Å²) >= 11 is 0. The smallest absolute Gasteiger partial charge is 0.307 e.